The second-order valence-corrected chi connectivity index (χ2v) is 4.42. The van der Waals surface area contributed by atoms with E-state index in [4.69, 9.17) is 0 Å². The van der Waals surface area contributed by atoms with E-state index in [1.807, 2.05) is 13.0 Å². The quantitative estimate of drug-likeness (QED) is 0.680. The highest BCUT2D eigenvalue weighted by atomic mass is 19.1. The van der Waals surface area contributed by atoms with Crippen molar-refractivity contribution in [2.45, 2.75) is 33.2 Å². The van der Waals surface area contributed by atoms with Gasteiger partial charge in [-0.2, -0.15) is 0 Å². The van der Waals surface area contributed by atoms with Crippen molar-refractivity contribution in [1.82, 2.24) is 10.6 Å². The Bertz CT molecular complexity index is 306. The van der Waals surface area contributed by atoms with Crippen LogP contribution in [0.1, 0.15) is 30.9 Å². The molecule has 0 unspecified atom stereocenters. The van der Waals surface area contributed by atoms with E-state index in [9.17, 15) is 4.39 Å². The summed E-state index contributed by atoms with van der Waals surface area (Å²) in [5, 5.41) is 6.68. The van der Waals surface area contributed by atoms with Crippen molar-refractivity contribution < 1.29 is 4.39 Å². The molecule has 2 nitrogen and oxygen atoms in total. The minimum Gasteiger partial charge on any atom is -0.317 e. The van der Waals surface area contributed by atoms with E-state index < -0.39 is 0 Å². The smallest absolute Gasteiger partial charge is 0.123 e. The summed E-state index contributed by atoms with van der Waals surface area (Å²) in [6.07, 6.45) is 2.28. The third-order valence-corrected chi connectivity index (χ3v) is 2.56. The Hall–Kier alpha value is -0.930. The molecule has 3 heteroatoms. The van der Waals surface area contributed by atoms with E-state index in [2.05, 4.69) is 17.6 Å². The maximum Gasteiger partial charge on any atom is 0.123 e. The Morgan fingerprint density at radius 3 is 2.53 bits per heavy atom. The van der Waals surface area contributed by atoms with Crippen LogP contribution in [-0.4, -0.2) is 19.6 Å². The average molecular weight is 238 g/mol. The molecular weight excluding hydrogens is 215 g/mol. The first kappa shape index (κ1) is 14.1. The van der Waals surface area contributed by atoms with Gasteiger partial charge >= 0.3 is 0 Å². The Balaban J connectivity index is 2.13. The van der Waals surface area contributed by atoms with Crippen molar-refractivity contribution in [3.8, 4) is 0 Å². The van der Waals surface area contributed by atoms with Crippen LogP contribution in [-0.2, 0) is 6.54 Å². The molecule has 0 bridgehead atoms. The van der Waals surface area contributed by atoms with Gasteiger partial charge < -0.3 is 10.6 Å². The average Bonchev–Trinajstić information content (AvgIpc) is 2.26. The van der Waals surface area contributed by atoms with E-state index in [-0.39, 0.29) is 5.82 Å². The van der Waals surface area contributed by atoms with Crippen LogP contribution in [0.15, 0.2) is 18.2 Å². The fourth-order valence-corrected chi connectivity index (χ4v) is 1.79. The van der Waals surface area contributed by atoms with Gasteiger partial charge in [0.15, 0.2) is 0 Å². The van der Waals surface area contributed by atoms with Gasteiger partial charge in [-0.05, 0) is 62.7 Å². The fraction of sp³-hybridized carbons (Fsp3) is 0.571. The van der Waals surface area contributed by atoms with Gasteiger partial charge in [0, 0.05) is 6.54 Å². The van der Waals surface area contributed by atoms with Crippen molar-refractivity contribution in [1.29, 1.82) is 0 Å². The third kappa shape index (κ3) is 6.39. The van der Waals surface area contributed by atoms with Crippen LogP contribution in [0.5, 0.6) is 0 Å². The fourth-order valence-electron chi connectivity index (χ4n) is 1.79. The molecule has 0 aliphatic rings. The summed E-state index contributed by atoms with van der Waals surface area (Å²) in [4.78, 5) is 0. The third-order valence-electron chi connectivity index (χ3n) is 2.56. The van der Waals surface area contributed by atoms with Gasteiger partial charge in [-0.3, -0.25) is 0 Å². The number of halogens is 1. The van der Waals surface area contributed by atoms with Gasteiger partial charge in [0.1, 0.15) is 5.82 Å². The summed E-state index contributed by atoms with van der Waals surface area (Å²) in [6.45, 7) is 7.92. The number of nitrogens with one attached hydrogen (secondary N) is 2. The van der Waals surface area contributed by atoms with Crippen LogP contribution in [0, 0.1) is 12.7 Å². The summed E-state index contributed by atoms with van der Waals surface area (Å²) in [5.41, 5.74) is 2.00. The summed E-state index contributed by atoms with van der Waals surface area (Å²) in [7, 11) is 0. The number of aryl methyl sites for hydroxylation is 1. The van der Waals surface area contributed by atoms with Crippen LogP contribution in [0.4, 0.5) is 4.39 Å². The molecule has 0 aliphatic heterocycles. The molecule has 1 aromatic carbocycles. The standard InChI is InChI=1S/C14H23FN2/c1-3-5-16-6-4-7-17-11-13-8-12(2)9-14(15)10-13/h8-10,16-17H,3-7,11H2,1-2H3. The van der Waals surface area contributed by atoms with Gasteiger partial charge in [-0.25, -0.2) is 4.39 Å². The monoisotopic (exact) mass is 238 g/mol. The van der Waals surface area contributed by atoms with Gasteiger partial charge in [-0.15, -0.1) is 0 Å². The number of hydrogen-bond donors (Lipinski definition) is 2. The summed E-state index contributed by atoms with van der Waals surface area (Å²) < 4.78 is 13.1. The molecular formula is C14H23FN2. The molecule has 0 amide bonds. The predicted octanol–water partition coefficient (Wildman–Crippen LogP) is 2.61. The molecule has 1 rings (SSSR count). The molecule has 2 N–H and O–H groups in total. The van der Waals surface area contributed by atoms with Crippen LogP contribution in [0.25, 0.3) is 0 Å². The van der Waals surface area contributed by atoms with E-state index in [0.29, 0.717) is 0 Å². The molecule has 0 fully saturated rings. The molecule has 17 heavy (non-hydrogen) atoms. The molecule has 0 heterocycles. The van der Waals surface area contributed by atoms with Crippen molar-refractivity contribution >= 4 is 0 Å². The Morgan fingerprint density at radius 1 is 1.06 bits per heavy atom. The van der Waals surface area contributed by atoms with Crippen molar-refractivity contribution in [3.05, 3.63) is 35.1 Å². The first-order valence-electron chi connectivity index (χ1n) is 6.40. The topological polar surface area (TPSA) is 24.1 Å². The SMILES string of the molecule is CCCNCCCNCc1cc(C)cc(F)c1. The van der Waals surface area contributed by atoms with E-state index in [0.717, 1.165) is 43.7 Å². The summed E-state index contributed by atoms with van der Waals surface area (Å²) in [5.74, 6) is -0.147. The molecule has 0 atom stereocenters. The lowest BCUT2D eigenvalue weighted by molar-refractivity contribution is 0.587. The largest absolute Gasteiger partial charge is 0.317 e. The van der Waals surface area contributed by atoms with Crippen molar-refractivity contribution in [2.75, 3.05) is 19.6 Å². The van der Waals surface area contributed by atoms with Gasteiger partial charge in [0.25, 0.3) is 0 Å². The normalized spacial score (nSPS) is 10.8. The van der Waals surface area contributed by atoms with Crippen molar-refractivity contribution in [2.24, 2.45) is 0 Å². The zero-order chi connectivity index (χ0) is 12.5. The minimum atomic E-state index is -0.147. The Kier molecular flexibility index (Phi) is 6.82. The Morgan fingerprint density at radius 2 is 1.82 bits per heavy atom. The lowest BCUT2D eigenvalue weighted by Crippen LogP contribution is -2.22. The molecule has 0 saturated heterocycles. The van der Waals surface area contributed by atoms with Gasteiger partial charge in [0.2, 0.25) is 0 Å². The predicted molar refractivity (Wildman–Crippen MR) is 70.6 cm³/mol. The first-order valence-corrected chi connectivity index (χ1v) is 6.40. The van der Waals surface area contributed by atoms with E-state index >= 15 is 0 Å². The number of rotatable bonds is 8. The maximum absolute atomic E-state index is 13.1. The molecule has 0 radical (unpaired) electrons. The van der Waals surface area contributed by atoms with Gasteiger partial charge in [-0.1, -0.05) is 13.0 Å². The van der Waals surface area contributed by atoms with Gasteiger partial charge in [0.05, 0.1) is 0 Å². The zero-order valence-electron chi connectivity index (χ0n) is 10.9. The molecule has 0 aromatic heterocycles. The molecule has 0 aliphatic carbocycles. The first-order chi connectivity index (χ1) is 8.22. The maximum atomic E-state index is 13.1. The summed E-state index contributed by atoms with van der Waals surface area (Å²) >= 11 is 0. The highest BCUT2D eigenvalue weighted by molar-refractivity contribution is 5.23. The lowest BCUT2D eigenvalue weighted by Gasteiger charge is -2.07. The lowest BCUT2D eigenvalue weighted by atomic mass is 10.1. The van der Waals surface area contributed by atoms with Crippen LogP contribution >= 0.6 is 0 Å². The van der Waals surface area contributed by atoms with E-state index in [1.54, 1.807) is 12.1 Å². The van der Waals surface area contributed by atoms with Crippen molar-refractivity contribution in [3.63, 3.8) is 0 Å². The van der Waals surface area contributed by atoms with Crippen LogP contribution in [0.3, 0.4) is 0 Å². The highest BCUT2D eigenvalue weighted by Gasteiger charge is 1.97. The number of benzene rings is 1. The molecule has 0 spiro atoms. The minimum absolute atomic E-state index is 0.147. The molecule has 96 valence electrons. The molecule has 1 aromatic rings. The second-order valence-electron chi connectivity index (χ2n) is 4.42. The zero-order valence-corrected chi connectivity index (χ0v) is 10.9. The molecule has 0 saturated carbocycles. The van der Waals surface area contributed by atoms with Crippen LogP contribution in [0.2, 0.25) is 0 Å². The Labute approximate surface area is 104 Å². The highest BCUT2D eigenvalue weighted by Crippen LogP contribution is 2.07. The summed E-state index contributed by atoms with van der Waals surface area (Å²) in [6, 6.07) is 5.17. The second kappa shape index (κ2) is 8.20. The number of hydrogen-bond acceptors (Lipinski definition) is 2. The van der Waals surface area contributed by atoms with Crippen LogP contribution < -0.4 is 10.6 Å². The van der Waals surface area contributed by atoms with E-state index in [1.165, 1.54) is 6.42 Å².